The topological polar surface area (TPSA) is 23.8 Å². The molecule has 0 N–H and O–H groups in total. The molecule has 0 aromatic heterocycles. The number of halogens is 7. The largest absolute Gasteiger partial charge is 0.375 e. The lowest BCUT2D eigenvalue weighted by Crippen LogP contribution is -2.56. The molecule has 0 aliphatic carbocycles. The van der Waals surface area contributed by atoms with Gasteiger partial charge in [0.25, 0.3) is 6.17 Å². The van der Waals surface area contributed by atoms with E-state index in [0.717, 1.165) is 0 Å². The third-order valence-corrected chi connectivity index (χ3v) is 1.40. The number of hydrogen-bond donors (Lipinski definition) is 0. The summed E-state index contributed by atoms with van der Waals surface area (Å²) in [5.41, 5.74) is 0. The first-order valence-corrected chi connectivity index (χ1v) is 3.15. The van der Waals surface area contributed by atoms with E-state index in [0.29, 0.717) is 0 Å². The van der Waals surface area contributed by atoms with E-state index >= 15 is 0 Å². The van der Waals surface area contributed by atoms with Gasteiger partial charge in [-0.05, 0) is 0 Å². The van der Waals surface area contributed by atoms with E-state index in [1.165, 1.54) is 0 Å². The van der Waals surface area contributed by atoms with Crippen LogP contribution in [0.2, 0.25) is 0 Å². The van der Waals surface area contributed by atoms with E-state index < -0.39 is 30.9 Å². The van der Waals surface area contributed by atoms with Crippen molar-refractivity contribution in [3.8, 4) is 6.07 Å². The molecular formula is C6H4F7N. The average Bonchev–Trinajstić information content (AvgIpc) is 2.00. The molecule has 0 fully saturated rings. The van der Waals surface area contributed by atoms with E-state index in [4.69, 9.17) is 5.26 Å². The smallest absolute Gasteiger partial charge is 0.224 e. The standard InChI is InChI=1S/C6H4F7N/c1-4(8,9)6(12,13)5(10,11)3(7)2-14/h3H,1H3. The van der Waals surface area contributed by atoms with Gasteiger partial charge in [0.2, 0.25) is 0 Å². The Hall–Kier alpha value is -1.00. The molecule has 0 aromatic rings. The quantitative estimate of drug-likeness (QED) is 0.675. The molecule has 0 bridgehead atoms. The molecule has 0 radical (unpaired) electrons. The Morgan fingerprint density at radius 3 is 1.64 bits per heavy atom. The molecule has 0 aliphatic heterocycles. The molecule has 8 heteroatoms. The fourth-order valence-corrected chi connectivity index (χ4v) is 0.533. The van der Waals surface area contributed by atoms with E-state index in [-0.39, 0.29) is 6.07 Å². The van der Waals surface area contributed by atoms with Gasteiger partial charge < -0.3 is 0 Å². The number of hydrogen-bond acceptors (Lipinski definition) is 1. The molecule has 0 spiro atoms. The summed E-state index contributed by atoms with van der Waals surface area (Å²) >= 11 is 0. The van der Waals surface area contributed by atoms with Crippen LogP contribution < -0.4 is 0 Å². The minimum atomic E-state index is -5.91. The summed E-state index contributed by atoms with van der Waals surface area (Å²) in [6.45, 7) is -0.481. The minimum absolute atomic E-state index is 0.153. The van der Waals surface area contributed by atoms with Crippen molar-refractivity contribution in [2.24, 2.45) is 0 Å². The van der Waals surface area contributed by atoms with Crippen molar-refractivity contribution in [1.29, 1.82) is 5.26 Å². The lowest BCUT2D eigenvalue weighted by molar-refractivity contribution is -0.313. The monoisotopic (exact) mass is 223 g/mol. The van der Waals surface area contributed by atoms with Crippen molar-refractivity contribution in [3.05, 3.63) is 0 Å². The average molecular weight is 223 g/mol. The first-order valence-electron chi connectivity index (χ1n) is 3.15. The van der Waals surface area contributed by atoms with E-state index in [1.54, 1.807) is 0 Å². The van der Waals surface area contributed by atoms with Crippen LogP contribution in [-0.4, -0.2) is 23.9 Å². The molecule has 1 nitrogen and oxygen atoms in total. The van der Waals surface area contributed by atoms with Gasteiger partial charge in [-0.2, -0.15) is 31.6 Å². The molecule has 0 rings (SSSR count). The summed E-state index contributed by atoms with van der Waals surface area (Å²) in [6, 6.07) is 0.153. The van der Waals surface area contributed by atoms with Gasteiger partial charge in [-0.15, -0.1) is 0 Å². The summed E-state index contributed by atoms with van der Waals surface area (Å²) in [6.07, 6.45) is -3.98. The van der Waals surface area contributed by atoms with Crippen molar-refractivity contribution in [3.63, 3.8) is 0 Å². The van der Waals surface area contributed by atoms with Crippen molar-refractivity contribution >= 4 is 0 Å². The highest BCUT2D eigenvalue weighted by molar-refractivity contribution is 5.05. The summed E-state index contributed by atoms with van der Waals surface area (Å²) < 4.78 is 85.0. The van der Waals surface area contributed by atoms with Crippen LogP contribution in [0.25, 0.3) is 0 Å². The van der Waals surface area contributed by atoms with Crippen LogP contribution in [-0.2, 0) is 0 Å². The molecule has 1 atom stereocenters. The van der Waals surface area contributed by atoms with Gasteiger partial charge in [0, 0.05) is 6.92 Å². The van der Waals surface area contributed by atoms with Gasteiger partial charge in [-0.25, -0.2) is 4.39 Å². The lowest BCUT2D eigenvalue weighted by atomic mass is 10.0. The van der Waals surface area contributed by atoms with E-state index in [9.17, 15) is 30.7 Å². The Labute approximate surface area is 74.1 Å². The van der Waals surface area contributed by atoms with Crippen LogP contribution in [0.4, 0.5) is 30.7 Å². The van der Waals surface area contributed by atoms with Gasteiger partial charge in [0.15, 0.2) is 0 Å². The Bertz CT molecular complexity index is 248. The highest BCUT2D eigenvalue weighted by Gasteiger charge is 2.72. The fraction of sp³-hybridized carbons (Fsp3) is 0.833. The van der Waals surface area contributed by atoms with Crippen molar-refractivity contribution in [2.75, 3.05) is 0 Å². The molecule has 0 aliphatic rings. The second-order valence-electron chi connectivity index (χ2n) is 2.58. The first kappa shape index (κ1) is 13.0. The fourth-order valence-electron chi connectivity index (χ4n) is 0.533. The Morgan fingerprint density at radius 1 is 1.07 bits per heavy atom. The van der Waals surface area contributed by atoms with Crippen molar-refractivity contribution in [1.82, 2.24) is 0 Å². The maximum absolute atomic E-state index is 12.3. The summed E-state index contributed by atoms with van der Waals surface area (Å²) in [4.78, 5) is 0. The van der Waals surface area contributed by atoms with Gasteiger partial charge in [0.1, 0.15) is 6.07 Å². The highest BCUT2D eigenvalue weighted by atomic mass is 19.3. The SMILES string of the molecule is CC(F)(F)C(F)(F)C(F)(F)C(F)C#N. The zero-order valence-corrected chi connectivity index (χ0v) is 6.67. The zero-order chi connectivity index (χ0) is 11.8. The van der Waals surface area contributed by atoms with Crippen LogP contribution in [0.1, 0.15) is 6.92 Å². The van der Waals surface area contributed by atoms with Crippen LogP contribution in [0.15, 0.2) is 0 Å². The zero-order valence-electron chi connectivity index (χ0n) is 6.67. The van der Waals surface area contributed by atoms with Gasteiger partial charge in [-0.1, -0.05) is 0 Å². The second-order valence-corrected chi connectivity index (χ2v) is 2.58. The van der Waals surface area contributed by atoms with Gasteiger partial charge in [0.05, 0.1) is 0 Å². The van der Waals surface area contributed by atoms with Gasteiger partial charge >= 0.3 is 17.8 Å². The van der Waals surface area contributed by atoms with Crippen LogP contribution in [0.3, 0.4) is 0 Å². The van der Waals surface area contributed by atoms with Crippen molar-refractivity contribution in [2.45, 2.75) is 30.9 Å². The number of alkyl halides is 7. The molecule has 14 heavy (non-hydrogen) atoms. The molecule has 0 saturated carbocycles. The highest BCUT2D eigenvalue weighted by Crippen LogP contribution is 2.47. The lowest BCUT2D eigenvalue weighted by Gasteiger charge is -2.30. The molecule has 0 saturated heterocycles. The third-order valence-electron chi connectivity index (χ3n) is 1.40. The molecular weight excluding hydrogens is 219 g/mol. The number of rotatable bonds is 3. The maximum atomic E-state index is 12.3. The maximum Gasteiger partial charge on any atom is 0.375 e. The summed E-state index contributed by atoms with van der Waals surface area (Å²) in [5.74, 6) is -16.7. The first-order chi connectivity index (χ1) is 5.98. The van der Waals surface area contributed by atoms with Crippen LogP contribution in [0.5, 0.6) is 0 Å². The summed E-state index contributed by atoms with van der Waals surface area (Å²) in [7, 11) is 0. The Balaban J connectivity index is 5.20. The second kappa shape index (κ2) is 3.29. The van der Waals surface area contributed by atoms with Crippen LogP contribution in [0, 0.1) is 11.3 Å². The minimum Gasteiger partial charge on any atom is -0.224 e. The van der Waals surface area contributed by atoms with E-state index in [1.807, 2.05) is 0 Å². The van der Waals surface area contributed by atoms with E-state index in [2.05, 4.69) is 0 Å². The molecule has 82 valence electrons. The third kappa shape index (κ3) is 1.76. The predicted octanol–water partition coefficient (Wildman–Crippen LogP) is 2.77. The molecule has 0 aromatic carbocycles. The predicted molar refractivity (Wildman–Crippen MR) is 31.0 cm³/mol. The van der Waals surface area contributed by atoms with Crippen molar-refractivity contribution < 1.29 is 30.7 Å². The molecule has 0 amide bonds. The number of nitriles is 1. The van der Waals surface area contributed by atoms with Gasteiger partial charge in [-0.3, -0.25) is 0 Å². The van der Waals surface area contributed by atoms with Crippen LogP contribution >= 0.6 is 0 Å². The normalized spacial score (nSPS) is 16.2. The summed E-state index contributed by atoms with van der Waals surface area (Å²) in [5, 5.41) is 7.62. The molecule has 0 heterocycles. The Morgan fingerprint density at radius 2 is 1.43 bits per heavy atom. The molecule has 1 unspecified atom stereocenters. The Kier molecular flexibility index (Phi) is 3.06. The number of nitrogens with zero attached hydrogens (tertiary/aromatic N) is 1.